The van der Waals surface area contributed by atoms with Crippen molar-refractivity contribution in [2.45, 2.75) is 192 Å². The molecule has 85 heavy (non-hydrogen) atoms. The fourth-order valence-electron chi connectivity index (χ4n) is 11.9. The van der Waals surface area contributed by atoms with Gasteiger partial charge in [-0.25, -0.2) is 19.2 Å². The highest BCUT2D eigenvalue weighted by molar-refractivity contribution is 6.02. The first-order valence-electron chi connectivity index (χ1n) is 30.9. The second kappa shape index (κ2) is 26.8. The molecule has 0 aromatic carbocycles. The molecule has 12 nitrogen and oxygen atoms in total. The first kappa shape index (κ1) is 72.0. The van der Waals surface area contributed by atoms with E-state index in [2.05, 4.69) is 0 Å². The molecule has 4 rings (SSSR count). The summed E-state index contributed by atoms with van der Waals surface area (Å²) in [6.07, 6.45) is 21.7. The summed E-state index contributed by atoms with van der Waals surface area (Å²) in [6.45, 7) is 46.1. The van der Waals surface area contributed by atoms with Gasteiger partial charge >= 0.3 is 23.9 Å². The van der Waals surface area contributed by atoms with Crippen LogP contribution in [0.4, 0.5) is 0 Å². The van der Waals surface area contributed by atoms with Gasteiger partial charge in [-0.2, -0.15) is 0 Å². The minimum absolute atomic E-state index is 0.0902. The van der Waals surface area contributed by atoms with Crippen LogP contribution in [0.15, 0.2) is 95.2 Å². The van der Waals surface area contributed by atoms with Crippen molar-refractivity contribution in [2.24, 2.45) is 96.1 Å². The van der Waals surface area contributed by atoms with Crippen LogP contribution in [0, 0.1) is 96.1 Å². The van der Waals surface area contributed by atoms with Crippen LogP contribution in [0.5, 0.6) is 0 Å². The molecule has 0 N–H and O–H groups in total. The SMILES string of the molecule is CC(C)(C)C1=CC(C=CC(=O)OCC(COC(=O)C=CC2C=C(C(C)(C)C)C(=O)C(C(C)(C)C)C2)(COC(=O)C=CC2C=C(C(C)(C)C)C(=O)C(C(C)(C)C)C2)COC(=O)C=CC2C=C(C(C)(C)C)C(=O)C(C(C)(C)C)C2)CC(C(C)(C)C)C1=O. The van der Waals surface area contributed by atoms with Crippen molar-refractivity contribution in [3.05, 3.63) is 95.2 Å². The molecule has 0 radical (unpaired) electrons. The van der Waals surface area contributed by atoms with Crippen LogP contribution in [-0.4, -0.2) is 73.4 Å². The lowest BCUT2D eigenvalue weighted by molar-refractivity contribution is -0.164. The van der Waals surface area contributed by atoms with Gasteiger partial charge in [-0.1, -0.05) is 215 Å². The Labute approximate surface area is 511 Å². The summed E-state index contributed by atoms with van der Waals surface area (Å²) in [5.41, 5.74) is -2.07. The summed E-state index contributed by atoms with van der Waals surface area (Å²) in [5.74, 6) is -5.02. The smallest absolute Gasteiger partial charge is 0.330 e. The van der Waals surface area contributed by atoms with E-state index < -0.39 is 77.4 Å². The molecule has 0 amide bonds. The van der Waals surface area contributed by atoms with Crippen LogP contribution in [0.25, 0.3) is 0 Å². The van der Waals surface area contributed by atoms with Gasteiger partial charge in [0, 0.05) is 48.0 Å². The van der Waals surface area contributed by atoms with Gasteiger partial charge in [-0.15, -0.1) is 0 Å². The van der Waals surface area contributed by atoms with Crippen molar-refractivity contribution in [2.75, 3.05) is 26.4 Å². The van der Waals surface area contributed by atoms with E-state index >= 15 is 0 Å². The fraction of sp³-hybridized carbons (Fsp3) is 0.671. The predicted octanol–water partition coefficient (Wildman–Crippen LogP) is 15.3. The quantitative estimate of drug-likeness (QED) is 0.0814. The average Bonchev–Trinajstić information content (AvgIpc) is 1.83. The largest absolute Gasteiger partial charge is 0.462 e. The Morgan fingerprint density at radius 2 is 0.494 bits per heavy atom. The molecular formula is C73H108O12. The molecule has 12 heteroatoms. The van der Waals surface area contributed by atoms with Crippen LogP contribution in [0.2, 0.25) is 0 Å². The molecule has 8 unspecified atom stereocenters. The van der Waals surface area contributed by atoms with Gasteiger partial charge in [0.15, 0.2) is 23.1 Å². The third-order valence-corrected chi connectivity index (χ3v) is 17.3. The van der Waals surface area contributed by atoms with Gasteiger partial charge in [-0.3, -0.25) is 19.2 Å². The monoisotopic (exact) mass is 1180 g/mol. The third-order valence-electron chi connectivity index (χ3n) is 17.3. The zero-order valence-corrected chi connectivity index (χ0v) is 56.6. The summed E-state index contributed by atoms with van der Waals surface area (Å²) in [6, 6.07) is 0. The van der Waals surface area contributed by atoms with E-state index in [-0.39, 0.29) is 92.1 Å². The Balaban J connectivity index is 1.79. The molecule has 8 atom stereocenters. The molecule has 4 aliphatic rings. The Bertz CT molecular complexity index is 2390. The van der Waals surface area contributed by atoms with Crippen molar-refractivity contribution in [1.82, 2.24) is 0 Å². The molecule has 0 saturated heterocycles. The lowest BCUT2D eigenvalue weighted by Gasteiger charge is -2.38. The van der Waals surface area contributed by atoms with Crippen molar-refractivity contribution in [3.8, 4) is 0 Å². The van der Waals surface area contributed by atoms with E-state index in [4.69, 9.17) is 18.9 Å². The van der Waals surface area contributed by atoms with Gasteiger partial charge in [-0.05, 0) is 115 Å². The van der Waals surface area contributed by atoms with Gasteiger partial charge in [0.25, 0.3) is 0 Å². The minimum Gasteiger partial charge on any atom is -0.462 e. The van der Waals surface area contributed by atoms with E-state index in [0.717, 1.165) is 0 Å². The number of esters is 4. The number of carbonyl (C=O) groups excluding carboxylic acids is 8. The molecule has 0 aromatic rings. The highest BCUT2D eigenvalue weighted by Crippen LogP contribution is 2.47. The number of allylic oxidation sites excluding steroid dienone is 12. The summed E-state index contributed by atoms with van der Waals surface area (Å²) in [7, 11) is 0. The Kier molecular flexibility index (Phi) is 22.7. The Morgan fingerprint density at radius 1 is 0.329 bits per heavy atom. The van der Waals surface area contributed by atoms with Crippen molar-refractivity contribution in [3.63, 3.8) is 0 Å². The summed E-state index contributed by atoms with van der Waals surface area (Å²) < 4.78 is 24.0. The van der Waals surface area contributed by atoms with Crippen molar-refractivity contribution >= 4 is 47.0 Å². The molecule has 0 aliphatic heterocycles. The second-order valence-corrected chi connectivity index (χ2v) is 33.4. The summed E-state index contributed by atoms with van der Waals surface area (Å²) in [4.78, 5) is 111. The average molecular weight is 1180 g/mol. The molecule has 472 valence electrons. The molecule has 0 saturated carbocycles. The Hall–Kier alpha value is -5.52. The Morgan fingerprint density at radius 3 is 0.635 bits per heavy atom. The first-order valence-corrected chi connectivity index (χ1v) is 30.9. The van der Waals surface area contributed by atoms with Crippen molar-refractivity contribution in [1.29, 1.82) is 0 Å². The van der Waals surface area contributed by atoms with Crippen molar-refractivity contribution < 1.29 is 57.3 Å². The first-order chi connectivity index (χ1) is 38.4. The molecule has 0 bridgehead atoms. The maximum atomic E-state index is 14.0. The van der Waals surface area contributed by atoms with E-state index in [0.29, 0.717) is 48.0 Å². The van der Waals surface area contributed by atoms with E-state index in [1.165, 1.54) is 24.3 Å². The van der Waals surface area contributed by atoms with Crippen LogP contribution in [-0.2, 0) is 57.3 Å². The number of hydrogen-bond acceptors (Lipinski definition) is 12. The number of ketones is 4. The van der Waals surface area contributed by atoms with E-state index in [9.17, 15) is 38.4 Å². The van der Waals surface area contributed by atoms with Crippen LogP contribution < -0.4 is 0 Å². The lowest BCUT2D eigenvalue weighted by atomic mass is 9.65. The highest BCUT2D eigenvalue weighted by atomic mass is 16.6. The zero-order chi connectivity index (χ0) is 65.0. The molecule has 0 heterocycles. The fourth-order valence-corrected chi connectivity index (χ4v) is 11.9. The van der Waals surface area contributed by atoms with Gasteiger partial charge in [0.1, 0.15) is 31.8 Å². The third kappa shape index (κ3) is 20.3. The van der Waals surface area contributed by atoms with Gasteiger partial charge in [0.05, 0.1) is 0 Å². The number of ether oxygens (including phenoxy) is 4. The van der Waals surface area contributed by atoms with E-state index in [1.54, 1.807) is 24.3 Å². The second-order valence-electron chi connectivity index (χ2n) is 33.4. The normalized spacial score (nSPS) is 25.4. The molecule has 0 aromatic heterocycles. The predicted molar refractivity (Wildman–Crippen MR) is 337 cm³/mol. The number of rotatable bonds is 16. The highest BCUT2D eigenvalue weighted by Gasteiger charge is 2.45. The van der Waals surface area contributed by atoms with E-state index in [1.807, 2.05) is 190 Å². The number of Topliss-reactive ketones (excluding diaryl/α,β-unsaturated/α-hetero) is 4. The molecular weight excluding hydrogens is 1070 g/mol. The van der Waals surface area contributed by atoms with Gasteiger partial charge < -0.3 is 18.9 Å². The van der Waals surface area contributed by atoms with Crippen LogP contribution in [0.1, 0.15) is 192 Å². The van der Waals surface area contributed by atoms with Gasteiger partial charge in [0.2, 0.25) is 0 Å². The standard InChI is InChI=1S/C73H108O12/c1-65(2,3)49-33-45(34-50(61(49)78)66(4,5)6)25-29-57(74)82-41-73(42-83-58(75)30-26-46-35-51(67(7,8)9)62(79)52(36-46)68(10,11)12,43-84-59(76)31-27-47-37-53(69(13,14)15)63(80)54(38-47)70(16,17)18)44-85-60(77)32-28-48-39-55(71(19,20)21)64(81)56(40-48)72(22,23)24/h25-33,35,37,39,45-48,50,52,54,56H,34,36,38,40-44H2,1-24H3. The topological polar surface area (TPSA) is 173 Å². The molecule has 0 fully saturated rings. The minimum atomic E-state index is -1.68. The van der Waals surface area contributed by atoms with Crippen LogP contribution >= 0.6 is 0 Å². The molecule has 0 spiro atoms. The maximum absolute atomic E-state index is 14.0. The maximum Gasteiger partial charge on any atom is 0.330 e. The molecule has 4 aliphatic carbocycles. The lowest BCUT2D eigenvalue weighted by Crippen LogP contribution is -2.43. The zero-order valence-electron chi connectivity index (χ0n) is 56.6. The summed E-state index contributed by atoms with van der Waals surface area (Å²) >= 11 is 0. The number of carbonyl (C=O) groups is 8. The number of hydrogen-bond donors (Lipinski definition) is 0. The van der Waals surface area contributed by atoms with Crippen LogP contribution in [0.3, 0.4) is 0 Å². The summed E-state index contributed by atoms with van der Waals surface area (Å²) in [5, 5.41) is 0.